The van der Waals surface area contributed by atoms with Gasteiger partial charge in [-0.15, -0.1) is 0 Å². The lowest BCUT2D eigenvalue weighted by Crippen LogP contribution is -2.08. The largest absolute Gasteiger partial charge is 0.462 e. The lowest BCUT2D eigenvalue weighted by molar-refractivity contribution is 0.0522. The monoisotopic (exact) mass is 322 g/mol. The SMILES string of the molecule is CCOC(=O)c1cncnc1Oc1ccc(Br)cc1. The van der Waals surface area contributed by atoms with Crippen molar-refractivity contribution in [2.45, 2.75) is 6.92 Å². The first-order valence-corrected chi connectivity index (χ1v) is 6.40. The van der Waals surface area contributed by atoms with Crippen LogP contribution in [0.5, 0.6) is 11.6 Å². The number of esters is 1. The lowest BCUT2D eigenvalue weighted by atomic mass is 10.3. The highest BCUT2D eigenvalue weighted by Crippen LogP contribution is 2.24. The number of ether oxygens (including phenoxy) is 2. The molecule has 0 aliphatic carbocycles. The van der Waals surface area contributed by atoms with Crippen molar-refractivity contribution in [1.82, 2.24) is 9.97 Å². The van der Waals surface area contributed by atoms with Gasteiger partial charge in [0.05, 0.1) is 6.61 Å². The standard InChI is InChI=1S/C13H11BrN2O3/c1-2-18-13(17)11-7-15-8-16-12(11)19-10-5-3-9(14)4-6-10/h3-8H,2H2,1H3. The Kier molecular flexibility index (Phi) is 4.46. The third-order valence-corrected chi connectivity index (χ3v) is 2.73. The minimum atomic E-state index is -0.504. The summed E-state index contributed by atoms with van der Waals surface area (Å²) in [6.45, 7) is 2.02. The third-order valence-electron chi connectivity index (χ3n) is 2.20. The van der Waals surface area contributed by atoms with Crippen molar-refractivity contribution in [1.29, 1.82) is 0 Å². The fourth-order valence-electron chi connectivity index (χ4n) is 1.36. The van der Waals surface area contributed by atoms with Gasteiger partial charge in [0.1, 0.15) is 17.6 Å². The van der Waals surface area contributed by atoms with Crippen LogP contribution >= 0.6 is 15.9 Å². The van der Waals surface area contributed by atoms with Crippen LogP contribution in [0.2, 0.25) is 0 Å². The average molecular weight is 323 g/mol. The van der Waals surface area contributed by atoms with Crippen molar-refractivity contribution in [3.8, 4) is 11.6 Å². The molecule has 0 aliphatic rings. The highest BCUT2D eigenvalue weighted by molar-refractivity contribution is 9.10. The van der Waals surface area contributed by atoms with Gasteiger partial charge in [-0.3, -0.25) is 0 Å². The van der Waals surface area contributed by atoms with Gasteiger partial charge in [-0.25, -0.2) is 14.8 Å². The summed E-state index contributed by atoms with van der Waals surface area (Å²) in [6.07, 6.45) is 2.69. The Balaban J connectivity index is 2.24. The normalized spacial score (nSPS) is 10.0. The molecule has 2 rings (SSSR count). The molecule has 1 aromatic heterocycles. The van der Waals surface area contributed by atoms with Crippen molar-refractivity contribution < 1.29 is 14.3 Å². The number of rotatable bonds is 4. The molecule has 0 bridgehead atoms. The maximum atomic E-state index is 11.7. The molecule has 0 fully saturated rings. The number of benzene rings is 1. The molecular weight excluding hydrogens is 312 g/mol. The van der Waals surface area contributed by atoms with Crippen molar-refractivity contribution in [2.75, 3.05) is 6.61 Å². The van der Waals surface area contributed by atoms with Crippen LogP contribution in [0, 0.1) is 0 Å². The molecule has 0 atom stereocenters. The predicted molar refractivity (Wildman–Crippen MR) is 72.2 cm³/mol. The summed E-state index contributed by atoms with van der Waals surface area (Å²) >= 11 is 3.33. The summed E-state index contributed by atoms with van der Waals surface area (Å²) < 4.78 is 11.4. The number of hydrogen-bond donors (Lipinski definition) is 0. The van der Waals surface area contributed by atoms with Gasteiger partial charge in [-0.05, 0) is 31.2 Å². The zero-order valence-corrected chi connectivity index (χ0v) is 11.8. The van der Waals surface area contributed by atoms with Crippen molar-refractivity contribution in [3.05, 3.63) is 46.8 Å². The van der Waals surface area contributed by atoms with Crippen LogP contribution in [0.4, 0.5) is 0 Å². The second-order valence-electron chi connectivity index (χ2n) is 3.52. The highest BCUT2D eigenvalue weighted by atomic mass is 79.9. The van der Waals surface area contributed by atoms with Crippen LogP contribution in [-0.2, 0) is 4.74 Å². The third kappa shape index (κ3) is 3.51. The van der Waals surface area contributed by atoms with Gasteiger partial charge in [-0.2, -0.15) is 0 Å². The molecule has 1 aromatic carbocycles. The Bertz CT molecular complexity index is 572. The van der Waals surface area contributed by atoms with E-state index in [1.165, 1.54) is 12.5 Å². The maximum absolute atomic E-state index is 11.7. The Morgan fingerprint density at radius 1 is 1.32 bits per heavy atom. The molecule has 0 saturated carbocycles. The number of carbonyl (C=O) groups is 1. The molecule has 0 saturated heterocycles. The van der Waals surface area contributed by atoms with Crippen molar-refractivity contribution >= 4 is 21.9 Å². The van der Waals surface area contributed by atoms with E-state index >= 15 is 0 Å². The fraction of sp³-hybridized carbons (Fsp3) is 0.154. The van der Waals surface area contributed by atoms with E-state index in [2.05, 4.69) is 25.9 Å². The van der Waals surface area contributed by atoms with Gasteiger partial charge >= 0.3 is 5.97 Å². The summed E-state index contributed by atoms with van der Waals surface area (Å²) in [5, 5.41) is 0. The minimum absolute atomic E-state index is 0.177. The predicted octanol–water partition coefficient (Wildman–Crippen LogP) is 3.21. The second-order valence-corrected chi connectivity index (χ2v) is 4.43. The summed E-state index contributed by atoms with van der Waals surface area (Å²) in [6, 6.07) is 7.20. The molecule has 5 nitrogen and oxygen atoms in total. The number of carbonyl (C=O) groups excluding carboxylic acids is 1. The molecule has 0 unspecified atom stereocenters. The zero-order chi connectivity index (χ0) is 13.7. The quantitative estimate of drug-likeness (QED) is 0.809. The first-order valence-electron chi connectivity index (χ1n) is 5.61. The molecule has 0 amide bonds. The van der Waals surface area contributed by atoms with E-state index < -0.39 is 5.97 Å². The van der Waals surface area contributed by atoms with Gasteiger partial charge in [-0.1, -0.05) is 15.9 Å². The van der Waals surface area contributed by atoms with E-state index in [0.29, 0.717) is 5.75 Å². The molecule has 0 aliphatic heterocycles. The summed E-state index contributed by atoms with van der Waals surface area (Å²) in [5.41, 5.74) is 0.201. The molecule has 0 spiro atoms. The molecule has 1 heterocycles. The molecule has 0 N–H and O–H groups in total. The minimum Gasteiger partial charge on any atom is -0.462 e. The average Bonchev–Trinajstić information content (AvgIpc) is 2.42. The van der Waals surface area contributed by atoms with Gasteiger partial charge < -0.3 is 9.47 Å². The van der Waals surface area contributed by atoms with E-state index in [9.17, 15) is 4.79 Å². The maximum Gasteiger partial charge on any atom is 0.345 e. The molecule has 6 heteroatoms. The Labute approximate surface area is 118 Å². The topological polar surface area (TPSA) is 61.3 Å². The Morgan fingerprint density at radius 2 is 2.05 bits per heavy atom. The summed E-state index contributed by atoms with van der Waals surface area (Å²) in [7, 11) is 0. The number of aromatic nitrogens is 2. The second kappa shape index (κ2) is 6.29. The first-order chi connectivity index (χ1) is 9.20. The van der Waals surface area contributed by atoms with E-state index in [4.69, 9.17) is 9.47 Å². The lowest BCUT2D eigenvalue weighted by Gasteiger charge is -2.08. The van der Waals surface area contributed by atoms with Gasteiger partial charge in [0, 0.05) is 10.7 Å². The van der Waals surface area contributed by atoms with Gasteiger partial charge in [0.2, 0.25) is 5.88 Å². The molecule has 19 heavy (non-hydrogen) atoms. The zero-order valence-electron chi connectivity index (χ0n) is 10.2. The highest BCUT2D eigenvalue weighted by Gasteiger charge is 2.15. The van der Waals surface area contributed by atoms with Crippen LogP contribution in [0.25, 0.3) is 0 Å². The smallest absolute Gasteiger partial charge is 0.345 e. The summed E-state index contributed by atoms with van der Waals surface area (Å²) in [4.78, 5) is 19.5. The van der Waals surface area contributed by atoms with E-state index in [1.54, 1.807) is 19.1 Å². The van der Waals surface area contributed by atoms with Crippen molar-refractivity contribution in [3.63, 3.8) is 0 Å². The van der Waals surface area contributed by atoms with Crippen LogP contribution < -0.4 is 4.74 Å². The summed E-state index contributed by atoms with van der Waals surface area (Å²) in [5.74, 6) is 0.249. The van der Waals surface area contributed by atoms with Crippen LogP contribution in [0.1, 0.15) is 17.3 Å². The van der Waals surface area contributed by atoms with Crippen LogP contribution in [0.3, 0.4) is 0 Å². The molecule has 0 radical (unpaired) electrons. The first kappa shape index (κ1) is 13.5. The van der Waals surface area contributed by atoms with Crippen LogP contribution in [0.15, 0.2) is 41.3 Å². The van der Waals surface area contributed by atoms with Gasteiger partial charge in [0.15, 0.2) is 0 Å². The number of nitrogens with zero attached hydrogens (tertiary/aromatic N) is 2. The fourth-order valence-corrected chi connectivity index (χ4v) is 1.63. The van der Waals surface area contributed by atoms with Crippen molar-refractivity contribution in [2.24, 2.45) is 0 Å². The van der Waals surface area contributed by atoms with Crippen LogP contribution in [-0.4, -0.2) is 22.5 Å². The molecule has 2 aromatic rings. The number of halogens is 1. The van der Waals surface area contributed by atoms with E-state index in [1.807, 2.05) is 12.1 Å². The number of hydrogen-bond acceptors (Lipinski definition) is 5. The Hall–Kier alpha value is -1.95. The van der Waals surface area contributed by atoms with Gasteiger partial charge in [0.25, 0.3) is 0 Å². The Morgan fingerprint density at radius 3 is 2.74 bits per heavy atom. The molecule has 98 valence electrons. The van der Waals surface area contributed by atoms with E-state index in [0.717, 1.165) is 4.47 Å². The molecular formula is C13H11BrN2O3. The van der Waals surface area contributed by atoms with E-state index in [-0.39, 0.29) is 18.1 Å².